The van der Waals surface area contributed by atoms with Crippen LogP contribution in [0.5, 0.6) is 0 Å². The first kappa shape index (κ1) is 14.8. The van der Waals surface area contributed by atoms with E-state index in [1.54, 1.807) is 6.26 Å². The number of hydrogen-bond acceptors (Lipinski definition) is 3. The van der Waals surface area contributed by atoms with E-state index in [1.165, 1.54) is 5.56 Å². The predicted octanol–water partition coefficient (Wildman–Crippen LogP) is 3.69. The van der Waals surface area contributed by atoms with Crippen LogP contribution in [0, 0.1) is 0 Å². The molecule has 20 heavy (non-hydrogen) atoms. The highest BCUT2D eigenvalue weighted by molar-refractivity contribution is 5.36. The zero-order chi connectivity index (χ0) is 14.8. The summed E-state index contributed by atoms with van der Waals surface area (Å²) in [7, 11) is 0. The van der Waals surface area contributed by atoms with Crippen molar-refractivity contribution < 1.29 is 4.42 Å². The molecule has 1 heterocycles. The molecule has 1 aromatic carbocycles. The van der Waals surface area contributed by atoms with Gasteiger partial charge >= 0.3 is 0 Å². The first-order valence-electron chi connectivity index (χ1n) is 7.10. The van der Waals surface area contributed by atoms with Crippen molar-refractivity contribution in [1.29, 1.82) is 0 Å². The highest BCUT2D eigenvalue weighted by Crippen LogP contribution is 2.28. The van der Waals surface area contributed by atoms with Crippen LogP contribution in [0.4, 0.5) is 0 Å². The van der Waals surface area contributed by atoms with E-state index in [-0.39, 0.29) is 11.5 Å². The number of nitrogens with two attached hydrogens (primary N) is 1. The molecule has 1 aromatic heterocycles. The summed E-state index contributed by atoms with van der Waals surface area (Å²) < 4.78 is 5.50. The van der Waals surface area contributed by atoms with Gasteiger partial charge in [-0.05, 0) is 22.6 Å². The quantitative estimate of drug-likeness (QED) is 0.659. The lowest BCUT2D eigenvalue weighted by Gasteiger charge is -2.21. The molecule has 0 aliphatic rings. The minimum Gasteiger partial charge on any atom is -0.469 e. The molecule has 0 amide bonds. The second kappa shape index (κ2) is 5.81. The lowest BCUT2D eigenvalue weighted by molar-refractivity contribution is 0.502. The van der Waals surface area contributed by atoms with Crippen LogP contribution in [-0.2, 0) is 11.8 Å². The van der Waals surface area contributed by atoms with Crippen LogP contribution < -0.4 is 11.3 Å². The summed E-state index contributed by atoms with van der Waals surface area (Å²) in [6.45, 7) is 8.72. The third kappa shape index (κ3) is 2.94. The zero-order valence-corrected chi connectivity index (χ0v) is 12.7. The maximum Gasteiger partial charge on any atom is 0.108 e. The monoisotopic (exact) mass is 272 g/mol. The molecule has 1 atom stereocenters. The molecule has 3 N–H and O–H groups in total. The minimum atomic E-state index is -0.0299. The van der Waals surface area contributed by atoms with Crippen molar-refractivity contribution in [3.05, 3.63) is 59.0 Å². The SMILES string of the molecule is CCc1occc1C(NN)c1ccc(C(C)(C)C)cc1. The highest BCUT2D eigenvalue weighted by Gasteiger charge is 2.19. The molecule has 0 fully saturated rings. The van der Waals surface area contributed by atoms with Crippen molar-refractivity contribution in [1.82, 2.24) is 5.43 Å². The average Bonchev–Trinajstić information content (AvgIpc) is 2.87. The van der Waals surface area contributed by atoms with Gasteiger partial charge in [0.1, 0.15) is 5.76 Å². The van der Waals surface area contributed by atoms with Gasteiger partial charge in [0.15, 0.2) is 0 Å². The third-order valence-corrected chi connectivity index (χ3v) is 3.69. The molecule has 3 heteroatoms. The highest BCUT2D eigenvalue weighted by atomic mass is 16.3. The Morgan fingerprint density at radius 1 is 1.15 bits per heavy atom. The molecule has 0 aliphatic heterocycles. The van der Waals surface area contributed by atoms with Gasteiger partial charge in [-0.1, -0.05) is 52.0 Å². The van der Waals surface area contributed by atoms with Gasteiger partial charge in [0.2, 0.25) is 0 Å². The standard InChI is InChI=1S/C17H24N2O/c1-5-15-14(10-11-20-15)16(19-18)12-6-8-13(9-7-12)17(2,3)4/h6-11,16,19H,5,18H2,1-4H3. The lowest BCUT2D eigenvalue weighted by Crippen LogP contribution is -2.29. The molecule has 3 nitrogen and oxygen atoms in total. The van der Waals surface area contributed by atoms with Crippen molar-refractivity contribution in [2.24, 2.45) is 5.84 Å². The summed E-state index contributed by atoms with van der Waals surface area (Å²) in [5.74, 6) is 6.73. The maximum absolute atomic E-state index is 5.75. The summed E-state index contributed by atoms with van der Waals surface area (Å²) in [5.41, 5.74) is 6.63. The maximum atomic E-state index is 5.75. The van der Waals surface area contributed by atoms with E-state index in [4.69, 9.17) is 10.3 Å². The van der Waals surface area contributed by atoms with Crippen LogP contribution in [0.2, 0.25) is 0 Å². The third-order valence-electron chi connectivity index (χ3n) is 3.69. The van der Waals surface area contributed by atoms with Gasteiger partial charge in [-0.3, -0.25) is 5.84 Å². The molecule has 108 valence electrons. The molecule has 1 unspecified atom stereocenters. The zero-order valence-electron chi connectivity index (χ0n) is 12.7. The van der Waals surface area contributed by atoms with Crippen LogP contribution in [0.25, 0.3) is 0 Å². The number of furan rings is 1. The van der Waals surface area contributed by atoms with Crippen LogP contribution in [0.1, 0.15) is 56.2 Å². The van der Waals surface area contributed by atoms with Crippen LogP contribution in [-0.4, -0.2) is 0 Å². The van der Waals surface area contributed by atoms with Gasteiger partial charge < -0.3 is 4.42 Å². The molecular weight excluding hydrogens is 248 g/mol. The van der Waals surface area contributed by atoms with E-state index in [0.29, 0.717) is 0 Å². The van der Waals surface area contributed by atoms with E-state index >= 15 is 0 Å². The summed E-state index contributed by atoms with van der Waals surface area (Å²) in [5, 5.41) is 0. The number of hydrogen-bond donors (Lipinski definition) is 2. The molecule has 0 aliphatic carbocycles. The second-order valence-electron chi connectivity index (χ2n) is 6.12. The van der Waals surface area contributed by atoms with Crippen LogP contribution in [0.3, 0.4) is 0 Å². The normalized spacial score (nSPS) is 13.4. The largest absolute Gasteiger partial charge is 0.469 e. The van der Waals surface area contributed by atoms with E-state index < -0.39 is 0 Å². The summed E-state index contributed by atoms with van der Waals surface area (Å²) in [6, 6.07) is 10.6. The summed E-state index contributed by atoms with van der Waals surface area (Å²) in [6.07, 6.45) is 2.59. The molecule has 0 radical (unpaired) electrons. The van der Waals surface area contributed by atoms with Gasteiger partial charge in [-0.25, -0.2) is 5.43 Å². The van der Waals surface area contributed by atoms with Gasteiger partial charge in [0.05, 0.1) is 12.3 Å². The van der Waals surface area contributed by atoms with E-state index in [9.17, 15) is 0 Å². The first-order chi connectivity index (χ1) is 9.47. The summed E-state index contributed by atoms with van der Waals surface area (Å²) in [4.78, 5) is 0. The van der Waals surface area contributed by atoms with Crippen molar-refractivity contribution in [3.63, 3.8) is 0 Å². The fraction of sp³-hybridized carbons (Fsp3) is 0.412. The van der Waals surface area contributed by atoms with E-state index in [1.807, 2.05) is 6.07 Å². The molecule has 0 bridgehead atoms. The Morgan fingerprint density at radius 2 is 1.80 bits per heavy atom. The van der Waals surface area contributed by atoms with Gasteiger partial charge in [-0.15, -0.1) is 0 Å². The number of nitrogens with one attached hydrogen (secondary N) is 1. The van der Waals surface area contributed by atoms with Crippen molar-refractivity contribution >= 4 is 0 Å². The Kier molecular flexibility index (Phi) is 4.31. The lowest BCUT2D eigenvalue weighted by atomic mass is 9.86. The Bertz CT molecular complexity index is 549. The molecule has 0 saturated carbocycles. The summed E-state index contributed by atoms with van der Waals surface area (Å²) >= 11 is 0. The van der Waals surface area contributed by atoms with Crippen LogP contribution >= 0.6 is 0 Å². The smallest absolute Gasteiger partial charge is 0.108 e. The topological polar surface area (TPSA) is 51.2 Å². The second-order valence-corrected chi connectivity index (χ2v) is 6.12. The Balaban J connectivity index is 2.33. The molecule has 2 aromatic rings. The van der Waals surface area contributed by atoms with E-state index in [2.05, 4.69) is 57.4 Å². The Morgan fingerprint density at radius 3 is 2.30 bits per heavy atom. The number of rotatable bonds is 4. The Hall–Kier alpha value is -1.58. The van der Waals surface area contributed by atoms with Crippen molar-refractivity contribution in [3.8, 4) is 0 Å². The van der Waals surface area contributed by atoms with Crippen molar-refractivity contribution in [2.45, 2.75) is 45.6 Å². The number of hydrazine groups is 1. The molecular formula is C17H24N2O. The molecule has 2 rings (SSSR count). The number of aryl methyl sites for hydroxylation is 1. The van der Waals surface area contributed by atoms with Gasteiger partial charge in [-0.2, -0.15) is 0 Å². The minimum absolute atomic E-state index is 0.0299. The fourth-order valence-corrected chi connectivity index (χ4v) is 2.44. The van der Waals surface area contributed by atoms with E-state index in [0.717, 1.165) is 23.3 Å². The molecule has 0 spiro atoms. The predicted molar refractivity (Wildman–Crippen MR) is 82.4 cm³/mol. The van der Waals surface area contributed by atoms with Crippen molar-refractivity contribution in [2.75, 3.05) is 0 Å². The van der Waals surface area contributed by atoms with Gasteiger partial charge in [0.25, 0.3) is 0 Å². The molecule has 0 saturated heterocycles. The Labute approximate surface area is 121 Å². The number of benzene rings is 1. The fourth-order valence-electron chi connectivity index (χ4n) is 2.44. The van der Waals surface area contributed by atoms with Gasteiger partial charge in [0, 0.05) is 12.0 Å². The first-order valence-corrected chi connectivity index (χ1v) is 7.10. The average molecular weight is 272 g/mol. The van der Waals surface area contributed by atoms with Crippen LogP contribution in [0.15, 0.2) is 41.0 Å².